The molecule has 0 aliphatic carbocycles. The van der Waals surface area contributed by atoms with Gasteiger partial charge in [-0.05, 0) is 136 Å². The zero-order chi connectivity index (χ0) is 83.1. The van der Waals surface area contributed by atoms with Gasteiger partial charge in [0, 0.05) is 90.9 Å². The van der Waals surface area contributed by atoms with Crippen LogP contribution in [0.2, 0.25) is 35.2 Å². The first-order valence-electron chi connectivity index (χ1n) is 28.3. The number of nitrogens with zero attached hydrogens (tertiary/aromatic N) is 4. The highest BCUT2D eigenvalue weighted by molar-refractivity contribution is 8.14. The van der Waals surface area contributed by atoms with Gasteiger partial charge in [0.2, 0.25) is 10.0 Å². The molecule has 52 heteroatoms. The third-order valence-electron chi connectivity index (χ3n) is 13.2. The monoisotopic (exact) mass is 1860 g/mol. The molecule has 7 aromatic carbocycles. The minimum Gasteiger partial charge on any atom is -0.749 e. The fraction of sp³-hybridized carbons (Fsp3) is 0.190. The number of aromatic carboxylic acids is 3. The summed E-state index contributed by atoms with van der Waals surface area (Å²) in [5, 5.41) is 82.8. The van der Waals surface area contributed by atoms with Crippen LogP contribution in [0.5, 0.6) is 0 Å². The molecular formula is C58H49Cl11F2N7O27S5-. The number of hydrogen-bond acceptors (Lipinski definition) is 25. The molecule has 1 atom stereocenters. The largest absolute Gasteiger partial charge is 0.749 e. The molecule has 0 radical (unpaired) electrons. The molecule has 0 aromatic heterocycles. The maximum Gasteiger partial charge on any atom is 0.335 e. The van der Waals surface area contributed by atoms with Crippen LogP contribution < -0.4 is 16.0 Å². The van der Waals surface area contributed by atoms with Crippen molar-refractivity contribution in [1.29, 1.82) is 0 Å². The molecule has 0 spiro atoms. The number of piperidine rings is 2. The van der Waals surface area contributed by atoms with Crippen molar-refractivity contribution in [2.45, 2.75) is 64.9 Å². The lowest BCUT2D eigenvalue weighted by atomic mass is 10.1. The Morgan fingerprint density at radius 1 is 0.491 bits per heavy atom. The molecule has 9 rings (SSSR count). The molecular weight excluding hydrogens is 1810 g/mol. The highest BCUT2D eigenvalue weighted by atomic mass is 35.7. The standard InChI is InChI=1S/C18H16Cl2FN3O6S.C13H6Cl3FN2O5S.C7H3Cl2NO6S.C7H4Cl2O4S.C7H5ClO2.C5H11NO.CH4.ClHO3S/c19-13-9-11(1-2-14(13)21)22-18(26)10-7-15(24(27)28)17(20)16(8-10)31(29,30)23-5-3-12(25)4-6-23;14-8-5-7(1-2-9(8)17)18-13(20)6-3-10(19(21)22)12(15)11(4-6)25(16,23)24;8-6-4(10(13)14)1-3(7(11)12)2-5(6)17(9,15)16;8-5-2-1-4(7(10)11)3-6(5)14(9,12)13;8-6-3-1-5(2-4-6)7(9)10;7-5-1-3-6-4-2-5;;1-4-5(2)3/h1-2,7-9,12,25H,3-6H2,(H,22,26);1-5H,(H,18,20);1-2H,(H,11,12);1-3H,(H,10,11);1-4H,(H,9,10);5-7H,1-4H2;1H4;(H,2,3)/p-1. The summed E-state index contributed by atoms with van der Waals surface area (Å²) in [7, 11) is -1.89. The van der Waals surface area contributed by atoms with E-state index in [-0.39, 0.29) is 82.6 Å². The number of carbonyl (C=O) groups is 5. The van der Waals surface area contributed by atoms with E-state index in [0.29, 0.717) is 17.2 Å². The number of nitro benzene ring substituents is 3. The van der Waals surface area contributed by atoms with Crippen molar-refractivity contribution < 1.29 is 119 Å². The zero-order valence-corrected chi connectivity index (χ0v) is 65.6. The number of hydrogen-bond donors (Lipinski definition) is 8. The number of anilines is 2. The highest BCUT2D eigenvalue weighted by Gasteiger charge is 2.35. The van der Waals surface area contributed by atoms with Crippen LogP contribution in [0.25, 0.3) is 0 Å². The van der Waals surface area contributed by atoms with Crippen molar-refractivity contribution in [3.8, 4) is 0 Å². The maximum absolute atomic E-state index is 13.3. The third-order valence-corrected chi connectivity index (χ3v) is 22.4. The zero-order valence-electron chi connectivity index (χ0n) is 53.2. The van der Waals surface area contributed by atoms with Crippen LogP contribution in [0, 0.1) is 42.0 Å². The predicted octanol–water partition coefficient (Wildman–Crippen LogP) is 13.9. The van der Waals surface area contributed by atoms with Gasteiger partial charge in [0.15, 0.2) is 0 Å². The fourth-order valence-electron chi connectivity index (χ4n) is 8.07. The second kappa shape index (κ2) is 44.3. The van der Waals surface area contributed by atoms with Crippen LogP contribution >= 0.6 is 125 Å². The first kappa shape index (κ1) is 98.9. The molecule has 2 aliphatic rings. The van der Waals surface area contributed by atoms with Crippen LogP contribution in [-0.2, 0) is 52.3 Å². The number of carboxylic acid groups (broad SMARTS) is 3. The second-order valence-electron chi connectivity index (χ2n) is 20.6. The molecule has 0 saturated carbocycles. The number of amides is 2. The topological polar surface area (TPSA) is 541 Å². The number of rotatable bonds is 16. The van der Waals surface area contributed by atoms with Gasteiger partial charge in [0.1, 0.15) is 57.6 Å². The average molecular weight is 1860 g/mol. The van der Waals surface area contributed by atoms with Gasteiger partial charge >= 0.3 is 17.9 Å². The minimum absolute atomic E-state index is 0. The number of benzene rings is 7. The molecule has 2 saturated heterocycles. The first-order chi connectivity index (χ1) is 50.3. The van der Waals surface area contributed by atoms with Gasteiger partial charge in [-0.1, -0.05) is 88.6 Å². The Kier molecular flexibility index (Phi) is 39.9. The summed E-state index contributed by atoms with van der Waals surface area (Å²) in [6.07, 6.45) is 1.59. The van der Waals surface area contributed by atoms with Gasteiger partial charge in [-0.15, -0.1) is 0 Å². The average Bonchev–Trinajstić information content (AvgIpc) is 0.775. The lowest BCUT2D eigenvalue weighted by Gasteiger charge is -2.29. The van der Waals surface area contributed by atoms with E-state index in [2.05, 4.69) is 31.6 Å². The van der Waals surface area contributed by atoms with E-state index >= 15 is 0 Å². The van der Waals surface area contributed by atoms with Gasteiger partial charge in [-0.25, -0.2) is 61.0 Å². The number of halogens is 13. The summed E-state index contributed by atoms with van der Waals surface area (Å²) in [6.45, 7) is 1.97. The van der Waals surface area contributed by atoms with Gasteiger partial charge < -0.3 is 46.0 Å². The van der Waals surface area contributed by atoms with Crippen molar-refractivity contribution >= 4 is 232 Å². The Balaban J connectivity index is 0.000000466. The van der Waals surface area contributed by atoms with E-state index in [1.165, 1.54) is 36.4 Å². The second-order valence-corrected chi connectivity index (χ2v) is 33.8. The van der Waals surface area contributed by atoms with Crippen LogP contribution in [0.3, 0.4) is 0 Å². The van der Waals surface area contributed by atoms with Crippen LogP contribution in [0.4, 0.5) is 37.2 Å². The lowest BCUT2D eigenvalue weighted by molar-refractivity contribution is -0.385. The molecule has 2 amide bonds. The summed E-state index contributed by atoms with van der Waals surface area (Å²) in [5.74, 6) is -6.93. The van der Waals surface area contributed by atoms with Crippen molar-refractivity contribution in [2.75, 3.05) is 36.8 Å². The maximum atomic E-state index is 13.3. The summed E-state index contributed by atoms with van der Waals surface area (Å²) >= 11 is 41.1. The summed E-state index contributed by atoms with van der Waals surface area (Å²) in [6, 6.07) is 20.6. The van der Waals surface area contributed by atoms with Crippen molar-refractivity contribution in [2.24, 2.45) is 0 Å². The predicted molar refractivity (Wildman–Crippen MR) is 401 cm³/mol. The van der Waals surface area contributed by atoms with Crippen molar-refractivity contribution in [3.63, 3.8) is 0 Å². The SMILES string of the molecule is C.O=C(Nc1ccc(F)c(Cl)c1)c1cc([N+](=O)[O-])c(Cl)c(S(=O)(=O)Cl)c1.O=C(Nc1ccc(F)c(Cl)c1)c1cc([N+](=O)[O-])c(Cl)c(S(=O)(=O)N2CCC(O)CC2)c1.O=C(O)c1cc([N+](=O)[O-])c(Cl)c(S(=O)(=O)Cl)c1.O=C(O)c1ccc(Cl)c(S(=O)(=O)Cl)c1.O=C(O)c1ccc(Cl)cc1.O=S([O-])OCl.OC1CCNCC1. The first-order valence-corrected chi connectivity index (χ1v) is 40.7. The Hall–Kier alpha value is -7.15. The number of aliphatic hydroxyl groups excluding tert-OH is 2. The van der Waals surface area contributed by atoms with Crippen LogP contribution in [0.15, 0.2) is 135 Å². The Morgan fingerprint density at radius 3 is 1.15 bits per heavy atom. The van der Waals surface area contributed by atoms with E-state index in [4.69, 9.17) is 142 Å². The van der Waals surface area contributed by atoms with Crippen LogP contribution in [0.1, 0.15) is 84.9 Å². The van der Waals surface area contributed by atoms with Gasteiger partial charge in [0.25, 0.3) is 56.0 Å². The Morgan fingerprint density at radius 2 is 0.818 bits per heavy atom. The van der Waals surface area contributed by atoms with E-state index in [1.54, 1.807) is 12.1 Å². The van der Waals surface area contributed by atoms with Crippen molar-refractivity contribution in [1.82, 2.24) is 9.62 Å². The molecule has 2 heterocycles. The molecule has 7 aromatic rings. The van der Waals surface area contributed by atoms with E-state index < -0.39 is 174 Å². The fourth-order valence-corrected chi connectivity index (χ4v) is 15.2. The Bertz CT molecular complexity index is 5120. The third kappa shape index (κ3) is 31.1. The molecule has 1 unspecified atom stereocenters. The smallest absolute Gasteiger partial charge is 0.335 e. The number of carboxylic acids is 3. The van der Waals surface area contributed by atoms with Gasteiger partial charge in [-0.3, -0.25) is 39.9 Å². The quantitative estimate of drug-likeness (QED) is 0.0193. The number of nitrogens with one attached hydrogen (secondary N) is 3. The minimum atomic E-state index is -4.45. The molecule has 34 nitrogen and oxygen atoms in total. The number of sulfonamides is 1. The van der Waals surface area contributed by atoms with Gasteiger partial charge in [0.05, 0.1) is 70.6 Å². The van der Waals surface area contributed by atoms with Gasteiger partial charge in [-0.2, -0.15) is 8.04 Å². The van der Waals surface area contributed by atoms with E-state index in [1.807, 2.05) is 0 Å². The van der Waals surface area contributed by atoms with E-state index in [9.17, 15) is 102 Å². The normalized spacial score (nSPS) is 13.2. The van der Waals surface area contributed by atoms with E-state index in [0.717, 1.165) is 84.8 Å². The molecule has 600 valence electrons. The molecule has 2 fully saturated rings. The Labute approximate surface area is 676 Å². The molecule has 0 bridgehead atoms. The summed E-state index contributed by atoms with van der Waals surface area (Å²) in [5.41, 5.74) is -3.49. The molecule has 2 aliphatic heterocycles. The summed E-state index contributed by atoms with van der Waals surface area (Å²) in [4.78, 5) is 83.9. The number of aliphatic hydroxyl groups is 2. The molecule has 8 N–H and O–H groups in total. The highest BCUT2D eigenvalue weighted by Crippen LogP contribution is 2.39. The number of carbonyl (C=O) groups excluding carboxylic acids is 2. The number of nitro groups is 3. The summed E-state index contributed by atoms with van der Waals surface area (Å²) < 4.78 is 142. The molecule has 110 heavy (non-hydrogen) atoms. The lowest BCUT2D eigenvalue weighted by Crippen LogP contribution is -2.40. The van der Waals surface area contributed by atoms with Crippen LogP contribution in [-0.4, -0.2) is 155 Å². The van der Waals surface area contributed by atoms with Crippen molar-refractivity contribution in [3.05, 3.63) is 220 Å².